The molecule has 1 fully saturated rings. The molecule has 1 aliphatic rings. The number of rotatable bonds is 9. The molecule has 144 valence electrons. The zero-order chi connectivity index (χ0) is 18.7. The lowest BCUT2D eigenvalue weighted by Gasteiger charge is -2.22. The molecule has 5 nitrogen and oxygen atoms in total. The third kappa shape index (κ3) is 6.61. The lowest BCUT2D eigenvalue weighted by atomic mass is 9.95. The summed E-state index contributed by atoms with van der Waals surface area (Å²) in [4.78, 5) is 12.3. The second kappa shape index (κ2) is 10.6. The molecule has 0 aromatic heterocycles. The zero-order valence-electron chi connectivity index (χ0n) is 15.7. The molecular weight excluding hydrogens is 340 g/mol. The fraction of sp³-hybridized carbons (Fsp3) is 0.409. The molecule has 1 amide bonds. The maximum atomic E-state index is 12.3. The van der Waals surface area contributed by atoms with Gasteiger partial charge in [0.15, 0.2) is 0 Å². The summed E-state index contributed by atoms with van der Waals surface area (Å²) in [6.45, 7) is 1.17. The summed E-state index contributed by atoms with van der Waals surface area (Å²) in [5, 5.41) is 6.30. The molecule has 2 N–H and O–H groups in total. The van der Waals surface area contributed by atoms with Crippen molar-refractivity contribution in [2.45, 2.75) is 38.1 Å². The van der Waals surface area contributed by atoms with E-state index in [9.17, 15) is 4.79 Å². The lowest BCUT2D eigenvalue weighted by Crippen LogP contribution is -2.37. The second-order valence-electron chi connectivity index (χ2n) is 6.77. The van der Waals surface area contributed by atoms with Gasteiger partial charge in [0.25, 0.3) is 0 Å². The maximum Gasteiger partial charge on any atom is 0.238 e. The normalized spacial score (nSPS) is 14.5. The van der Waals surface area contributed by atoms with Crippen molar-refractivity contribution in [3.8, 4) is 11.5 Å². The van der Waals surface area contributed by atoms with Crippen molar-refractivity contribution in [2.75, 3.05) is 25.1 Å². The molecule has 1 saturated carbocycles. The van der Waals surface area contributed by atoms with E-state index in [-0.39, 0.29) is 5.91 Å². The summed E-state index contributed by atoms with van der Waals surface area (Å²) in [5.74, 6) is 1.42. The standard InChI is InChI=1S/C22H28N2O3/c25-22(17-23-18-9-3-1-4-10-18)24-20-13-7-8-14-21(20)27-16-15-26-19-11-5-2-6-12-19/h2,5-8,11-14,18,23H,1,3-4,9-10,15-17H2,(H,24,25). The van der Waals surface area contributed by atoms with Crippen LogP contribution in [0.4, 0.5) is 5.69 Å². The van der Waals surface area contributed by atoms with Crippen molar-refractivity contribution in [3.63, 3.8) is 0 Å². The monoisotopic (exact) mass is 368 g/mol. The zero-order valence-corrected chi connectivity index (χ0v) is 15.7. The topological polar surface area (TPSA) is 59.6 Å². The van der Waals surface area contributed by atoms with E-state index in [1.54, 1.807) is 0 Å². The Morgan fingerprint density at radius 3 is 2.41 bits per heavy atom. The Bertz CT molecular complexity index is 700. The molecule has 0 aliphatic heterocycles. The van der Waals surface area contributed by atoms with Crippen LogP contribution in [-0.4, -0.2) is 31.7 Å². The van der Waals surface area contributed by atoms with Gasteiger partial charge in [-0.2, -0.15) is 0 Å². The van der Waals surface area contributed by atoms with Crippen LogP contribution in [0.25, 0.3) is 0 Å². The van der Waals surface area contributed by atoms with Gasteiger partial charge in [0.05, 0.1) is 12.2 Å². The van der Waals surface area contributed by atoms with Crippen LogP contribution in [0.2, 0.25) is 0 Å². The highest BCUT2D eigenvalue weighted by atomic mass is 16.5. The molecule has 3 rings (SSSR count). The van der Waals surface area contributed by atoms with E-state index in [4.69, 9.17) is 9.47 Å². The van der Waals surface area contributed by atoms with Gasteiger partial charge in [-0.25, -0.2) is 0 Å². The van der Waals surface area contributed by atoms with Crippen LogP contribution in [0.15, 0.2) is 54.6 Å². The summed E-state index contributed by atoms with van der Waals surface area (Å²) in [5.41, 5.74) is 0.688. The minimum atomic E-state index is -0.0443. The van der Waals surface area contributed by atoms with Crippen molar-refractivity contribution in [1.82, 2.24) is 5.32 Å². The number of carbonyl (C=O) groups is 1. The first-order chi connectivity index (χ1) is 13.3. The average molecular weight is 368 g/mol. The Balaban J connectivity index is 1.43. The smallest absolute Gasteiger partial charge is 0.238 e. The Kier molecular flexibility index (Phi) is 7.54. The van der Waals surface area contributed by atoms with Crippen LogP contribution in [0.5, 0.6) is 11.5 Å². The number of nitrogens with one attached hydrogen (secondary N) is 2. The number of anilines is 1. The van der Waals surface area contributed by atoms with E-state index in [2.05, 4.69) is 10.6 Å². The minimum absolute atomic E-state index is 0.0443. The third-order valence-corrected chi connectivity index (χ3v) is 4.67. The van der Waals surface area contributed by atoms with Gasteiger partial charge >= 0.3 is 0 Å². The van der Waals surface area contributed by atoms with Crippen molar-refractivity contribution in [2.24, 2.45) is 0 Å². The highest BCUT2D eigenvalue weighted by Gasteiger charge is 2.14. The molecule has 2 aromatic carbocycles. The molecule has 0 unspecified atom stereocenters. The predicted octanol–water partition coefficient (Wildman–Crippen LogP) is 4.01. The summed E-state index contributed by atoms with van der Waals surface area (Å²) >= 11 is 0. The SMILES string of the molecule is O=C(CNC1CCCCC1)Nc1ccccc1OCCOc1ccccc1. The van der Waals surface area contributed by atoms with Crippen molar-refractivity contribution in [3.05, 3.63) is 54.6 Å². The lowest BCUT2D eigenvalue weighted by molar-refractivity contribution is -0.115. The maximum absolute atomic E-state index is 12.3. The van der Waals surface area contributed by atoms with Crippen LogP contribution in [-0.2, 0) is 4.79 Å². The van der Waals surface area contributed by atoms with Gasteiger partial charge in [-0.05, 0) is 37.1 Å². The van der Waals surface area contributed by atoms with Gasteiger partial charge in [0.1, 0.15) is 24.7 Å². The molecule has 0 saturated heterocycles. The van der Waals surface area contributed by atoms with Crippen LogP contribution in [0.1, 0.15) is 32.1 Å². The van der Waals surface area contributed by atoms with Gasteiger partial charge in [-0.3, -0.25) is 4.79 Å². The summed E-state index contributed by atoms with van der Waals surface area (Å²) in [6.07, 6.45) is 6.13. The highest BCUT2D eigenvalue weighted by Crippen LogP contribution is 2.23. The summed E-state index contributed by atoms with van der Waals surface area (Å²) < 4.78 is 11.4. The first-order valence-electron chi connectivity index (χ1n) is 9.74. The van der Waals surface area contributed by atoms with Gasteiger partial charge in [0, 0.05) is 6.04 Å². The molecule has 27 heavy (non-hydrogen) atoms. The molecule has 0 spiro atoms. The van der Waals surface area contributed by atoms with E-state index in [1.807, 2.05) is 54.6 Å². The Hall–Kier alpha value is -2.53. The Labute approximate surface area is 161 Å². The number of benzene rings is 2. The number of hydrogen-bond donors (Lipinski definition) is 2. The summed E-state index contributed by atoms with van der Waals surface area (Å²) in [6, 6.07) is 17.6. The number of amides is 1. The van der Waals surface area contributed by atoms with Crippen molar-refractivity contribution in [1.29, 1.82) is 0 Å². The number of hydrogen-bond acceptors (Lipinski definition) is 4. The van der Waals surface area contributed by atoms with Gasteiger partial charge in [0.2, 0.25) is 5.91 Å². The van der Waals surface area contributed by atoms with E-state index >= 15 is 0 Å². The number of ether oxygens (including phenoxy) is 2. The van der Waals surface area contributed by atoms with Crippen LogP contribution in [0.3, 0.4) is 0 Å². The van der Waals surface area contributed by atoms with E-state index in [1.165, 1.54) is 19.3 Å². The van der Waals surface area contributed by atoms with E-state index in [0.29, 0.717) is 37.2 Å². The first-order valence-corrected chi connectivity index (χ1v) is 9.74. The molecule has 0 heterocycles. The minimum Gasteiger partial charge on any atom is -0.490 e. The van der Waals surface area contributed by atoms with Crippen LogP contribution >= 0.6 is 0 Å². The average Bonchev–Trinajstić information content (AvgIpc) is 2.72. The van der Waals surface area contributed by atoms with Crippen LogP contribution in [0, 0.1) is 0 Å². The van der Waals surface area contributed by atoms with Crippen LogP contribution < -0.4 is 20.1 Å². The third-order valence-electron chi connectivity index (χ3n) is 4.67. The molecule has 2 aromatic rings. The molecule has 1 aliphatic carbocycles. The molecule has 0 bridgehead atoms. The summed E-state index contributed by atoms with van der Waals surface area (Å²) in [7, 11) is 0. The predicted molar refractivity (Wildman–Crippen MR) is 107 cm³/mol. The van der Waals surface area contributed by atoms with Gasteiger partial charge in [-0.15, -0.1) is 0 Å². The van der Waals surface area contributed by atoms with Gasteiger partial charge < -0.3 is 20.1 Å². The fourth-order valence-corrected chi connectivity index (χ4v) is 3.26. The molecule has 0 atom stereocenters. The Morgan fingerprint density at radius 1 is 0.889 bits per heavy atom. The Morgan fingerprint density at radius 2 is 1.59 bits per heavy atom. The largest absolute Gasteiger partial charge is 0.490 e. The highest BCUT2D eigenvalue weighted by molar-refractivity contribution is 5.93. The molecule has 5 heteroatoms. The van der Waals surface area contributed by atoms with Crippen molar-refractivity contribution < 1.29 is 14.3 Å². The fourth-order valence-electron chi connectivity index (χ4n) is 3.26. The molecule has 0 radical (unpaired) electrons. The number of carbonyl (C=O) groups excluding carboxylic acids is 1. The number of para-hydroxylation sites is 3. The van der Waals surface area contributed by atoms with E-state index < -0.39 is 0 Å². The first kappa shape index (κ1) is 19.2. The van der Waals surface area contributed by atoms with Crippen molar-refractivity contribution >= 4 is 11.6 Å². The van der Waals surface area contributed by atoms with Gasteiger partial charge in [-0.1, -0.05) is 49.6 Å². The quantitative estimate of drug-likeness (QED) is 0.657. The second-order valence-corrected chi connectivity index (χ2v) is 6.77. The van der Waals surface area contributed by atoms with E-state index in [0.717, 1.165) is 18.6 Å². The molecular formula is C22H28N2O3.